The van der Waals surface area contributed by atoms with Gasteiger partial charge < -0.3 is 9.84 Å². The highest BCUT2D eigenvalue weighted by atomic mass is 35.5. The van der Waals surface area contributed by atoms with Gasteiger partial charge in [-0.3, -0.25) is 0 Å². The third kappa shape index (κ3) is 4.89. The lowest BCUT2D eigenvalue weighted by atomic mass is 9.87. The number of rotatable bonds is 5. The van der Waals surface area contributed by atoms with E-state index in [9.17, 15) is 9.90 Å². The molecule has 0 saturated heterocycles. The average Bonchev–Trinajstić information content (AvgIpc) is 2.50. The summed E-state index contributed by atoms with van der Waals surface area (Å²) < 4.78 is 5.64. The van der Waals surface area contributed by atoms with E-state index in [-0.39, 0.29) is 11.8 Å². The SMILES string of the molecule is CC(C)(C)c1ccc(O[C@@H](Cc2ccc(Cl)c(Cl)c2)C(=O)O)cc1. The van der Waals surface area contributed by atoms with Crippen molar-refractivity contribution in [3.63, 3.8) is 0 Å². The Hall–Kier alpha value is -1.71. The van der Waals surface area contributed by atoms with E-state index in [1.54, 1.807) is 30.3 Å². The molecule has 1 N–H and O–H groups in total. The lowest BCUT2D eigenvalue weighted by molar-refractivity contribution is -0.145. The minimum absolute atomic E-state index is 0.0325. The smallest absolute Gasteiger partial charge is 0.345 e. The van der Waals surface area contributed by atoms with Crippen molar-refractivity contribution >= 4 is 29.2 Å². The Bertz CT molecular complexity index is 718. The van der Waals surface area contributed by atoms with Crippen LogP contribution in [-0.4, -0.2) is 17.2 Å². The van der Waals surface area contributed by atoms with Crippen molar-refractivity contribution in [1.82, 2.24) is 0 Å². The largest absolute Gasteiger partial charge is 0.478 e. The van der Waals surface area contributed by atoms with Crippen LogP contribution in [0.15, 0.2) is 42.5 Å². The van der Waals surface area contributed by atoms with Crippen LogP contribution in [0.5, 0.6) is 5.75 Å². The molecule has 0 aliphatic rings. The van der Waals surface area contributed by atoms with Gasteiger partial charge in [-0.2, -0.15) is 0 Å². The summed E-state index contributed by atoms with van der Waals surface area (Å²) in [6.45, 7) is 6.35. The normalized spacial score (nSPS) is 12.7. The van der Waals surface area contributed by atoms with Crippen molar-refractivity contribution < 1.29 is 14.6 Å². The molecule has 0 saturated carbocycles. The summed E-state index contributed by atoms with van der Waals surface area (Å²) in [5, 5.41) is 10.3. The quantitative estimate of drug-likeness (QED) is 0.773. The van der Waals surface area contributed by atoms with Crippen molar-refractivity contribution in [3.05, 3.63) is 63.6 Å². The first-order chi connectivity index (χ1) is 11.2. The van der Waals surface area contributed by atoms with Gasteiger partial charge in [-0.15, -0.1) is 0 Å². The average molecular weight is 367 g/mol. The highest BCUT2D eigenvalue weighted by Crippen LogP contribution is 2.26. The second kappa shape index (κ2) is 7.45. The number of benzene rings is 2. The second-order valence-electron chi connectivity index (χ2n) is 6.67. The first-order valence-electron chi connectivity index (χ1n) is 7.61. The molecule has 0 bridgehead atoms. The van der Waals surface area contributed by atoms with Gasteiger partial charge in [-0.1, -0.05) is 62.2 Å². The van der Waals surface area contributed by atoms with Gasteiger partial charge in [0.1, 0.15) is 5.75 Å². The first-order valence-corrected chi connectivity index (χ1v) is 8.36. The Morgan fingerprint density at radius 2 is 1.71 bits per heavy atom. The predicted octanol–water partition coefficient (Wildman–Crippen LogP) is 5.37. The maximum atomic E-state index is 11.5. The molecular formula is C19H20Cl2O3. The van der Waals surface area contributed by atoms with E-state index >= 15 is 0 Å². The van der Waals surface area contributed by atoms with E-state index < -0.39 is 12.1 Å². The molecule has 0 amide bonds. The number of carboxylic acids is 1. The summed E-state index contributed by atoms with van der Waals surface area (Å²) >= 11 is 11.9. The third-order valence-corrected chi connectivity index (χ3v) is 4.42. The molecule has 0 radical (unpaired) electrons. The van der Waals surface area contributed by atoms with Crippen molar-refractivity contribution in [2.75, 3.05) is 0 Å². The monoisotopic (exact) mass is 366 g/mol. The maximum absolute atomic E-state index is 11.5. The fraction of sp³-hybridized carbons (Fsp3) is 0.316. The van der Waals surface area contributed by atoms with Crippen molar-refractivity contribution in [1.29, 1.82) is 0 Å². The van der Waals surface area contributed by atoms with E-state index in [4.69, 9.17) is 27.9 Å². The van der Waals surface area contributed by atoms with Crippen LogP contribution in [0, 0.1) is 0 Å². The van der Waals surface area contributed by atoms with E-state index in [0.717, 1.165) is 11.1 Å². The van der Waals surface area contributed by atoms with Crippen molar-refractivity contribution in [2.45, 2.75) is 38.7 Å². The van der Waals surface area contributed by atoms with Crippen LogP contribution in [0.1, 0.15) is 31.9 Å². The highest BCUT2D eigenvalue weighted by molar-refractivity contribution is 6.42. The summed E-state index contributed by atoms with van der Waals surface area (Å²) in [5.41, 5.74) is 1.94. The third-order valence-electron chi connectivity index (χ3n) is 3.68. The van der Waals surface area contributed by atoms with E-state index in [2.05, 4.69) is 20.8 Å². The topological polar surface area (TPSA) is 46.5 Å². The molecular weight excluding hydrogens is 347 g/mol. The predicted molar refractivity (Wildman–Crippen MR) is 97.4 cm³/mol. The number of carbonyl (C=O) groups is 1. The van der Waals surface area contributed by atoms with Crippen LogP contribution in [0.25, 0.3) is 0 Å². The molecule has 2 aromatic carbocycles. The van der Waals surface area contributed by atoms with Gasteiger partial charge in [0.2, 0.25) is 0 Å². The molecule has 0 heterocycles. The number of aliphatic carboxylic acids is 1. The van der Waals surface area contributed by atoms with Crippen molar-refractivity contribution in [2.24, 2.45) is 0 Å². The zero-order valence-corrected chi connectivity index (χ0v) is 15.4. The summed E-state index contributed by atoms with van der Waals surface area (Å²) in [5.74, 6) is -0.503. The lowest BCUT2D eigenvalue weighted by Gasteiger charge is -2.20. The minimum Gasteiger partial charge on any atom is -0.478 e. The summed E-state index contributed by atoms with van der Waals surface area (Å²) in [6, 6.07) is 12.6. The molecule has 2 aromatic rings. The van der Waals surface area contributed by atoms with Crippen LogP contribution in [-0.2, 0) is 16.6 Å². The molecule has 0 aliphatic carbocycles. The van der Waals surface area contributed by atoms with E-state index in [1.165, 1.54) is 0 Å². The molecule has 0 fully saturated rings. The van der Waals surface area contributed by atoms with Crippen LogP contribution in [0.2, 0.25) is 10.0 Å². The molecule has 3 nitrogen and oxygen atoms in total. The molecule has 1 atom stereocenters. The minimum atomic E-state index is -1.03. The standard InChI is InChI=1S/C19H20Cl2O3/c1-19(2,3)13-5-7-14(8-6-13)24-17(18(22)23)11-12-4-9-15(20)16(21)10-12/h4-10,17H,11H2,1-3H3,(H,22,23)/t17-/m0/s1. The van der Waals surface area contributed by atoms with Gasteiger partial charge >= 0.3 is 5.97 Å². The Morgan fingerprint density at radius 3 is 2.21 bits per heavy atom. The number of ether oxygens (including phenoxy) is 1. The van der Waals surface area contributed by atoms with Crippen LogP contribution < -0.4 is 4.74 Å². The summed E-state index contributed by atoms with van der Waals surface area (Å²) in [6.07, 6.45) is -0.796. The van der Waals surface area contributed by atoms with Crippen LogP contribution in [0.3, 0.4) is 0 Å². The van der Waals surface area contributed by atoms with Gasteiger partial charge in [-0.05, 0) is 40.8 Å². The van der Waals surface area contributed by atoms with E-state index in [0.29, 0.717) is 15.8 Å². The van der Waals surface area contributed by atoms with Gasteiger partial charge in [-0.25, -0.2) is 4.79 Å². The highest BCUT2D eigenvalue weighted by Gasteiger charge is 2.21. The van der Waals surface area contributed by atoms with Crippen LogP contribution in [0.4, 0.5) is 0 Å². The van der Waals surface area contributed by atoms with Gasteiger partial charge in [0, 0.05) is 6.42 Å². The summed E-state index contributed by atoms with van der Waals surface area (Å²) in [4.78, 5) is 11.5. The van der Waals surface area contributed by atoms with Crippen molar-refractivity contribution in [3.8, 4) is 5.75 Å². The van der Waals surface area contributed by atoms with Crippen LogP contribution >= 0.6 is 23.2 Å². The fourth-order valence-electron chi connectivity index (χ4n) is 2.26. The maximum Gasteiger partial charge on any atom is 0.345 e. The molecule has 0 unspecified atom stereocenters. The molecule has 128 valence electrons. The second-order valence-corrected chi connectivity index (χ2v) is 7.49. The van der Waals surface area contributed by atoms with E-state index in [1.807, 2.05) is 12.1 Å². The van der Waals surface area contributed by atoms with Gasteiger partial charge in [0.05, 0.1) is 10.0 Å². The number of hydrogen-bond acceptors (Lipinski definition) is 2. The number of carboxylic acid groups (broad SMARTS) is 1. The van der Waals surface area contributed by atoms with Gasteiger partial charge in [0.15, 0.2) is 6.10 Å². The molecule has 2 rings (SSSR count). The summed E-state index contributed by atoms with van der Waals surface area (Å²) in [7, 11) is 0. The molecule has 24 heavy (non-hydrogen) atoms. The number of halogens is 2. The molecule has 0 aromatic heterocycles. The Balaban J connectivity index is 2.13. The lowest BCUT2D eigenvalue weighted by Crippen LogP contribution is -2.29. The number of hydrogen-bond donors (Lipinski definition) is 1. The Kier molecular flexibility index (Phi) is 5.79. The Morgan fingerprint density at radius 1 is 1.08 bits per heavy atom. The zero-order valence-electron chi connectivity index (χ0n) is 13.8. The Labute approximate surface area is 152 Å². The molecule has 0 spiro atoms. The first kappa shape index (κ1) is 18.6. The molecule has 0 aliphatic heterocycles. The van der Waals surface area contributed by atoms with Gasteiger partial charge in [0.25, 0.3) is 0 Å². The molecule has 5 heteroatoms. The fourth-order valence-corrected chi connectivity index (χ4v) is 2.58. The zero-order chi connectivity index (χ0) is 17.9.